The van der Waals surface area contributed by atoms with Crippen LogP contribution >= 0.6 is 11.6 Å². The van der Waals surface area contributed by atoms with Gasteiger partial charge in [-0.25, -0.2) is 0 Å². The molecule has 4 nitrogen and oxygen atoms in total. The molecule has 0 unspecified atom stereocenters. The van der Waals surface area contributed by atoms with E-state index < -0.39 is 0 Å². The molecule has 5 heteroatoms. The van der Waals surface area contributed by atoms with Gasteiger partial charge in [-0.1, -0.05) is 41.4 Å². The van der Waals surface area contributed by atoms with E-state index in [-0.39, 0.29) is 16.7 Å². The summed E-state index contributed by atoms with van der Waals surface area (Å²) in [5.74, 6) is 0.639. The summed E-state index contributed by atoms with van der Waals surface area (Å²) in [7, 11) is 0. The van der Waals surface area contributed by atoms with Gasteiger partial charge < -0.3 is 5.32 Å². The maximum absolute atomic E-state index is 11.1. The van der Waals surface area contributed by atoms with Gasteiger partial charge in [0.1, 0.15) is 0 Å². The third-order valence-electron chi connectivity index (χ3n) is 5.04. The Hall–Kier alpha value is -2.33. The molecule has 0 fully saturated rings. The second kappa shape index (κ2) is 5.64. The molecular formula is C19H17ClN2O2. The average Bonchev–Trinajstić information content (AvgIpc) is 3.04. The number of halogens is 1. The van der Waals surface area contributed by atoms with Gasteiger partial charge in [-0.2, -0.15) is 0 Å². The van der Waals surface area contributed by atoms with E-state index in [0.29, 0.717) is 16.9 Å². The van der Waals surface area contributed by atoms with Gasteiger partial charge in [0.05, 0.1) is 11.0 Å². The number of anilines is 1. The van der Waals surface area contributed by atoms with Crippen LogP contribution in [0.4, 0.5) is 11.4 Å². The Bertz CT molecular complexity index is 862. The Kier molecular flexibility index (Phi) is 3.57. The van der Waals surface area contributed by atoms with Crippen LogP contribution in [0.5, 0.6) is 0 Å². The molecule has 1 aliphatic carbocycles. The van der Waals surface area contributed by atoms with Crippen molar-refractivity contribution >= 4 is 23.0 Å². The standard InChI is InChI=1S/C19H17ClN2O2/c1-11-5-8-18-15(9-11)13-3-2-4-14(13)19(21-18)16-10-12(22(23)24)6-7-17(16)20/h2-3,5-10,13-14,19,21H,4H2,1H3/t13-,14+,19+/m0/s1. The van der Waals surface area contributed by atoms with E-state index in [1.54, 1.807) is 12.1 Å². The summed E-state index contributed by atoms with van der Waals surface area (Å²) < 4.78 is 0. The van der Waals surface area contributed by atoms with Crippen LogP contribution in [0.2, 0.25) is 5.02 Å². The molecule has 0 spiro atoms. The third kappa shape index (κ3) is 2.38. The van der Waals surface area contributed by atoms with Gasteiger partial charge in [-0.05, 0) is 37.0 Å². The molecule has 0 bridgehead atoms. The van der Waals surface area contributed by atoms with Gasteiger partial charge in [0.2, 0.25) is 0 Å². The van der Waals surface area contributed by atoms with E-state index in [9.17, 15) is 10.1 Å². The predicted molar refractivity (Wildman–Crippen MR) is 95.6 cm³/mol. The molecule has 4 rings (SSSR count). The van der Waals surface area contributed by atoms with Gasteiger partial charge in [-0.3, -0.25) is 10.1 Å². The van der Waals surface area contributed by atoms with Gasteiger partial charge in [0.25, 0.3) is 5.69 Å². The van der Waals surface area contributed by atoms with E-state index in [4.69, 9.17) is 11.6 Å². The molecule has 2 aliphatic rings. The molecule has 0 saturated carbocycles. The topological polar surface area (TPSA) is 55.2 Å². The summed E-state index contributed by atoms with van der Waals surface area (Å²) in [5, 5.41) is 15.3. The molecule has 1 heterocycles. The van der Waals surface area contributed by atoms with Crippen LogP contribution < -0.4 is 5.32 Å². The first-order valence-electron chi connectivity index (χ1n) is 8.02. The Balaban J connectivity index is 1.81. The summed E-state index contributed by atoms with van der Waals surface area (Å²) in [6.45, 7) is 2.09. The largest absolute Gasteiger partial charge is 0.378 e. The molecule has 3 atom stereocenters. The van der Waals surface area contributed by atoms with Crippen LogP contribution in [0.25, 0.3) is 0 Å². The predicted octanol–water partition coefficient (Wildman–Crippen LogP) is 5.38. The molecule has 0 radical (unpaired) electrons. The quantitative estimate of drug-likeness (QED) is 0.453. The lowest BCUT2D eigenvalue weighted by Gasteiger charge is -2.38. The Morgan fingerprint density at radius 1 is 1.21 bits per heavy atom. The van der Waals surface area contributed by atoms with Crippen molar-refractivity contribution in [3.05, 3.63) is 80.4 Å². The van der Waals surface area contributed by atoms with Crippen molar-refractivity contribution in [3.63, 3.8) is 0 Å². The Labute approximate surface area is 145 Å². The molecule has 2 aromatic rings. The number of nitrogens with one attached hydrogen (secondary N) is 1. The first-order valence-corrected chi connectivity index (χ1v) is 8.40. The lowest BCUT2D eigenvalue weighted by Crippen LogP contribution is -2.29. The Morgan fingerprint density at radius 2 is 2.04 bits per heavy atom. The number of nitro benzene ring substituents is 1. The van der Waals surface area contributed by atoms with Crippen molar-refractivity contribution < 1.29 is 4.92 Å². The van der Waals surface area contributed by atoms with E-state index in [0.717, 1.165) is 17.7 Å². The Morgan fingerprint density at radius 3 is 2.83 bits per heavy atom. The number of nitro groups is 1. The fourth-order valence-electron chi connectivity index (χ4n) is 3.90. The normalized spacial score (nSPS) is 24.2. The molecule has 0 saturated heterocycles. The minimum atomic E-state index is -0.371. The van der Waals surface area contributed by atoms with Crippen LogP contribution in [0.1, 0.15) is 35.1 Å². The van der Waals surface area contributed by atoms with E-state index >= 15 is 0 Å². The second-order valence-corrected chi connectivity index (χ2v) is 6.94. The first kappa shape index (κ1) is 15.2. The third-order valence-corrected chi connectivity index (χ3v) is 5.39. The van der Waals surface area contributed by atoms with Crippen molar-refractivity contribution in [1.29, 1.82) is 0 Å². The number of nitrogens with zero attached hydrogens (tertiary/aromatic N) is 1. The van der Waals surface area contributed by atoms with Crippen molar-refractivity contribution in [2.24, 2.45) is 5.92 Å². The van der Waals surface area contributed by atoms with Gasteiger partial charge in [0.15, 0.2) is 0 Å². The molecule has 0 aromatic heterocycles. The lowest BCUT2D eigenvalue weighted by molar-refractivity contribution is -0.384. The number of hydrogen-bond acceptors (Lipinski definition) is 3. The minimum absolute atomic E-state index is 0.0346. The molecule has 1 aliphatic heterocycles. The summed E-state index contributed by atoms with van der Waals surface area (Å²) in [5.41, 5.74) is 4.50. The number of fused-ring (bicyclic) bond motifs is 3. The number of aryl methyl sites for hydroxylation is 1. The van der Waals surface area contributed by atoms with Crippen LogP contribution in [-0.2, 0) is 0 Å². The number of rotatable bonds is 2. The van der Waals surface area contributed by atoms with Crippen LogP contribution in [0.15, 0.2) is 48.6 Å². The SMILES string of the molecule is Cc1ccc2c(c1)[C@H]1C=CC[C@H]1[C@H](c1cc([N+](=O)[O-])ccc1Cl)N2. The van der Waals surface area contributed by atoms with Gasteiger partial charge in [-0.15, -0.1) is 0 Å². The highest BCUT2D eigenvalue weighted by molar-refractivity contribution is 6.31. The summed E-state index contributed by atoms with van der Waals surface area (Å²) in [6, 6.07) is 11.0. The molecule has 0 amide bonds. The van der Waals surface area contributed by atoms with E-state index in [2.05, 4.69) is 42.6 Å². The van der Waals surface area contributed by atoms with Crippen LogP contribution in [0.3, 0.4) is 0 Å². The van der Waals surface area contributed by atoms with Crippen LogP contribution in [-0.4, -0.2) is 4.92 Å². The monoisotopic (exact) mass is 340 g/mol. The highest BCUT2D eigenvalue weighted by atomic mass is 35.5. The van der Waals surface area contributed by atoms with Crippen molar-refractivity contribution in [1.82, 2.24) is 0 Å². The molecule has 1 N–H and O–H groups in total. The highest BCUT2D eigenvalue weighted by Gasteiger charge is 2.39. The summed E-state index contributed by atoms with van der Waals surface area (Å²) >= 11 is 6.39. The number of hydrogen-bond donors (Lipinski definition) is 1. The highest BCUT2D eigenvalue weighted by Crippen LogP contribution is 2.51. The lowest BCUT2D eigenvalue weighted by atomic mass is 9.76. The number of allylic oxidation sites excluding steroid dienone is 2. The molecule has 2 aromatic carbocycles. The fourth-order valence-corrected chi connectivity index (χ4v) is 4.14. The zero-order valence-electron chi connectivity index (χ0n) is 13.2. The van der Waals surface area contributed by atoms with Gasteiger partial charge >= 0.3 is 0 Å². The zero-order chi connectivity index (χ0) is 16.8. The maximum atomic E-state index is 11.1. The summed E-state index contributed by atoms with van der Waals surface area (Å²) in [6.07, 6.45) is 5.39. The molecule has 122 valence electrons. The van der Waals surface area contributed by atoms with E-state index in [1.165, 1.54) is 17.2 Å². The number of benzene rings is 2. The van der Waals surface area contributed by atoms with Crippen molar-refractivity contribution in [2.45, 2.75) is 25.3 Å². The zero-order valence-corrected chi connectivity index (χ0v) is 14.0. The van der Waals surface area contributed by atoms with E-state index in [1.807, 2.05) is 0 Å². The van der Waals surface area contributed by atoms with Crippen molar-refractivity contribution in [3.8, 4) is 0 Å². The second-order valence-electron chi connectivity index (χ2n) is 6.53. The minimum Gasteiger partial charge on any atom is -0.378 e. The fraction of sp³-hybridized carbons (Fsp3) is 0.263. The molecule has 24 heavy (non-hydrogen) atoms. The van der Waals surface area contributed by atoms with Crippen molar-refractivity contribution in [2.75, 3.05) is 5.32 Å². The smallest absolute Gasteiger partial charge is 0.269 e. The summed E-state index contributed by atoms with van der Waals surface area (Å²) in [4.78, 5) is 10.8. The van der Waals surface area contributed by atoms with Crippen LogP contribution in [0, 0.1) is 23.0 Å². The molecular weight excluding hydrogens is 324 g/mol. The van der Waals surface area contributed by atoms with Gasteiger partial charge in [0, 0.05) is 34.3 Å². The first-order chi connectivity index (χ1) is 11.5. The average molecular weight is 341 g/mol. The number of non-ortho nitro benzene ring substituents is 1. The maximum Gasteiger partial charge on any atom is 0.269 e.